The largest absolute Gasteiger partial charge is 0.486 e. The van der Waals surface area contributed by atoms with Crippen LogP contribution in [0.4, 0.5) is 5.69 Å². The van der Waals surface area contributed by atoms with Crippen LogP contribution in [-0.4, -0.2) is 74.2 Å². The van der Waals surface area contributed by atoms with Gasteiger partial charge in [-0.15, -0.1) is 0 Å². The maximum Gasteiger partial charge on any atom is 0.236 e. The minimum absolute atomic E-state index is 0.135. The summed E-state index contributed by atoms with van der Waals surface area (Å²) in [7, 11) is 0. The molecule has 154 valence electrons. The quantitative estimate of drug-likeness (QED) is 0.752. The van der Waals surface area contributed by atoms with Crippen LogP contribution in [0.3, 0.4) is 0 Å². The van der Waals surface area contributed by atoms with E-state index in [1.54, 1.807) is 0 Å². The van der Waals surface area contributed by atoms with Crippen LogP contribution in [0.2, 0.25) is 0 Å². The summed E-state index contributed by atoms with van der Waals surface area (Å²) in [5.74, 6) is 1.68. The van der Waals surface area contributed by atoms with Crippen LogP contribution < -0.4 is 14.4 Å². The highest BCUT2D eigenvalue weighted by Gasteiger charge is 2.26. The highest BCUT2D eigenvalue weighted by molar-refractivity contribution is 5.78. The van der Waals surface area contributed by atoms with E-state index in [-0.39, 0.29) is 12.0 Å². The molecule has 0 radical (unpaired) electrons. The van der Waals surface area contributed by atoms with E-state index in [4.69, 9.17) is 9.47 Å². The zero-order valence-corrected chi connectivity index (χ0v) is 17.0. The van der Waals surface area contributed by atoms with Crippen molar-refractivity contribution < 1.29 is 14.3 Å². The number of likely N-dealkylation sites (N-methyl/N-ethyl adjacent to an activating group) is 1. The second kappa shape index (κ2) is 9.18. The number of piperazine rings is 1. The van der Waals surface area contributed by atoms with Crippen molar-refractivity contribution in [3.05, 3.63) is 54.6 Å². The molecule has 0 N–H and O–H groups in total. The van der Waals surface area contributed by atoms with Gasteiger partial charge in [0.15, 0.2) is 17.6 Å². The van der Waals surface area contributed by atoms with Gasteiger partial charge < -0.3 is 19.3 Å². The summed E-state index contributed by atoms with van der Waals surface area (Å²) in [5.41, 5.74) is 1.25. The van der Waals surface area contributed by atoms with Gasteiger partial charge in [0, 0.05) is 38.4 Å². The molecule has 2 heterocycles. The summed E-state index contributed by atoms with van der Waals surface area (Å²) in [6.45, 7) is 7.85. The number of anilines is 1. The fraction of sp³-hybridized carbons (Fsp3) is 0.435. The van der Waals surface area contributed by atoms with Crippen molar-refractivity contribution >= 4 is 11.6 Å². The molecule has 2 aliphatic rings. The number of hydrogen-bond acceptors (Lipinski definition) is 5. The number of carbonyl (C=O) groups excluding carboxylic acids is 1. The summed E-state index contributed by atoms with van der Waals surface area (Å²) in [6, 6.07) is 18.1. The average molecular weight is 396 g/mol. The Morgan fingerprint density at radius 2 is 1.69 bits per heavy atom. The number of carbonyl (C=O) groups is 1. The van der Waals surface area contributed by atoms with Gasteiger partial charge in [0.1, 0.15) is 6.61 Å². The highest BCUT2D eigenvalue weighted by Crippen LogP contribution is 2.31. The van der Waals surface area contributed by atoms with Crippen LogP contribution in [0.25, 0.3) is 0 Å². The molecule has 0 aromatic heterocycles. The van der Waals surface area contributed by atoms with E-state index in [1.807, 2.05) is 42.2 Å². The first-order valence-electron chi connectivity index (χ1n) is 10.4. The molecular weight excluding hydrogens is 366 g/mol. The van der Waals surface area contributed by atoms with Gasteiger partial charge in [-0.25, -0.2) is 0 Å². The summed E-state index contributed by atoms with van der Waals surface area (Å²) >= 11 is 0. The first kappa shape index (κ1) is 19.6. The number of rotatable bonds is 6. The van der Waals surface area contributed by atoms with Crippen molar-refractivity contribution in [2.45, 2.75) is 13.0 Å². The lowest BCUT2D eigenvalue weighted by molar-refractivity contribution is -0.133. The van der Waals surface area contributed by atoms with Gasteiger partial charge in [0.2, 0.25) is 5.91 Å². The summed E-state index contributed by atoms with van der Waals surface area (Å²) in [6.07, 6.45) is -0.135. The molecule has 6 heteroatoms. The minimum atomic E-state index is -0.135. The van der Waals surface area contributed by atoms with Crippen LogP contribution in [0.5, 0.6) is 11.5 Å². The number of fused-ring (bicyclic) bond motifs is 1. The van der Waals surface area contributed by atoms with E-state index in [0.29, 0.717) is 26.2 Å². The van der Waals surface area contributed by atoms with Gasteiger partial charge in [-0.3, -0.25) is 9.69 Å². The van der Waals surface area contributed by atoms with Crippen LogP contribution in [0.15, 0.2) is 54.6 Å². The Hall–Kier alpha value is -2.73. The highest BCUT2D eigenvalue weighted by atomic mass is 16.6. The van der Waals surface area contributed by atoms with E-state index in [0.717, 1.165) is 37.7 Å². The molecule has 2 aliphatic heterocycles. The predicted octanol–water partition coefficient (Wildman–Crippen LogP) is 2.50. The van der Waals surface area contributed by atoms with Gasteiger partial charge in [-0.1, -0.05) is 30.3 Å². The Labute approximate surface area is 172 Å². The third kappa shape index (κ3) is 4.82. The Bertz CT molecular complexity index is 806. The molecule has 4 rings (SSSR count). The Morgan fingerprint density at radius 1 is 1.00 bits per heavy atom. The third-order valence-corrected chi connectivity index (χ3v) is 5.58. The fourth-order valence-corrected chi connectivity index (χ4v) is 3.90. The first-order valence-corrected chi connectivity index (χ1v) is 10.4. The molecular formula is C23H29N3O3. The summed E-state index contributed by atoms with van der Waals surface area (Å²) in [4.78, 5) is 19.4. The third-order valence-electron chi connectivity index (χ3n) is 5.58. The minimum Gasteiger partial charge on any atom is -0.486 e. The molecule has 0 unspecified atom stereocenters. The lowest BCUT2D eigenvalue weighted by Gasteiger charge is -2.37. The second-order valence-electron chi connectivity index (χ2n) is 7.53. The molecule has 1 atom stereocenters. The smallest absolute Gasteiger partial charge is 0.236 e. The van der Waals surface area contributed by atoms with E-state index in [9.17, 15) is 4.79 Å². The van der Waals surface area contributed by atoms with Crippen molar-refractivity contribution in [3.8, 4) is 11.5 Å². The van der Waals surface area contributed by atoms with E-state index >= 15 is 0 Å². The molecule has 0 saturated carbocycles. The molecule has 1 saturated heterocycles. The topological polar surface area (TPSA) is 45.3 Å². The second-order valence-corrected chi connectivity index (χ2v) is 7.53. The normalized spacial score (nSPS) is 19.1. The van der Waals surface area contributed by atoms with E-state index in [1.165, 1.54) is 5.69 Å². The van der Waals surface area contributed by atoms with Crippen molar-refractivity contribution in [1.29, 1.82) is 0 Å². The Morgan fingerprint density at radius 3 is 2.41 bits per heavy atom. The summed E-state index contributed by atoms with van der Waals surface area (Å²) < 4.78 is 11.8. The standard InChI is InChI=1S/C23H29N3O3/c1-2-25(16-20-18-28-21-10-6-7-11-22(21)29-20)23(27)17-24-12-14-26(15-13-24)19-8-4-3-5-9-19/h3-11,20H,2,12-18H2,1H3/t20-/m0/s1. The van der Waals surface area contributed by atoms with Crippen LogP contribution in [-0.2, 0) is 4.79 Å². The van der Waals surface area contributed by atoms with Gasteiger partial charge in [0.25, 0.3) is 0 Å². The Kier molecular flexibility index (Phi) is 6.20. The maximum absolute atomic E-state index is 12.9. The number of nitrogens with zero attached hydrogens (tertiary/aromatic N) is 3. The van der Waals surface area contributed by atoms with Crippen molar-refractivity contribution in [1.82, 2.24) is 9.80 Å². The molecule has 0 bridgehead atoms. The lowest BCUT2D eigenvalue weighted by atomic mass is 10.2. The molecule has 1 fully saturated rings. The lowest BCUT2D eigenvalue weighted by Crippen LogP contribution is -2.51. The average Bonchev–Trinajstić information content (AvgIpc) is 2.78. The molecule has 2 aromatic rings. The number of benzene rings is 2. The fourth-order valence-electron chi connectivity index (χ4n) is 3.90. The zero-order chi connectivity index (χ0) is 20.1. The van der Waals surface area contributed by atoms with Crippen molar-refractivity contribution in [3.63, 3.8) is 0 Å². The zero-order valence-electron chi connectivity index (χ0n) is 17.0. The van der Waals surface area contributed by atoms with E-state index < -0.39 is 0 Å². The number of amides is 1. The first-order chi connectivity index (χ1) is 14.2. The number of ether oxygens (including phenoxy) is 2. The molecule has 1 amide bonds. The van der Waals surface area contributed by atoms with Crippen molar-refractivity contribution in [2.75, 3.05) is 57.3 Å². The van der Waals surface area contributed by atoms with Crippen LogP contribution >= 0.6 is 0 Å². The maximum atomic E-state index is 12.9. The monoisotopic (exact) mass is 395 g/mol. The molecule has 6 nitrogen and oxygen atoms in total. The number of para-hydroxylation sites is 3. The van der Waals surface area contributed by atoms with E-state index in [2.05, 4.69) is 34.1 Å². The SMILES string of the molecule is CCN(C[C@H]1COc2ccccc2O1)C(=O)CN1CCN(c2ccccc2)CC1. The predicted molar refractivity (Wildman–Crippen MR) is 114 cm³/mol. The van der Waals surface area contributed by atoms with Gasteiger partial charge >= 0.3 is 0 Å². The molecule has 0 spiro atoms. The molecule has 29 heavy (non-hydrogen) atoms. The molecule has 0 aliphatic carbocycles. The van der Waals surface area contributed by atoms with Crippen molar-refractivity contribution in [2.24, 2.45) is 0 Å². The van der Waals surface area contributed by atoms with Gasteiger partial charge in [-0.2, -0.15) is 0 Å². The summed E-state index contributed by atoms with van der Waals surface area (Å²) in [5, 5.41) is 0. The molecule has 2 aromatic carbocycles. The van der Waals surface area contributed by atoms with Gasteiger partial charge in [0.05, 0.1) is 13.1 Å². The number of hydrogen-bond donors (Lipinski definition) is 0. The van der Waals surface area contributed by atoms with Gasteiger partial charge in [-0.05, 0) is 31.2 Å². The van der Waals surface area contributed by atoms with Crippen LogP contribution in [0.1, 0.15) is 6.92 Å². The Balaban J connectivity index is 1.26. The van der Waals surface area contributed by atoms with Crippen LogP contribution in [0, 0.1) is 0 Å².